The molecule has 0 atom stereocenters. The minimum absolute atomic E-state index is 0.166. The van der Waals surface area contributed by atoms with Crippen LogP contribution in [-0.4, -0.2) is 26.0 Å². The number of amides is 1. The zero-order chi connectivity index (χ0) is 9.90. The number of carbonyl (C=O) groups is 1. The molecule has 0 aromatic carbocycles. The van der Waals surface area contributed by atoms with Gasteiger partial charge in [0.25, 0.3) is 0 Å². The van der Waals surface area contributed by atoms with E-state index in [0.29, 0.717) is 5.92 Å². The molecule has 0 aromatic heterocycles. The highest BCUT2D eigenvalue weighted by Crippen LogP contribution is 2.33. The molecule has 2 N–H and O–H groups in total. The molecule has 1 aliphatic rings. The second-order valence-electron chi connectivity index (χ2n) is 4.33. The van der Waals surface area contributed by atoms with Gasteiger partial charge in [0.2, 0.25) is 5.91 Å². The van der Waals surface area contributed by atoms with E-state index in [-0.39, 0.29) is 11.3 Å². The van der Waals surface area contributed by atoms with Crippen LogP contribution in [0.3, 0.4) is 0 Å². The second-order valence-corrected chi connectivity index (χ2v) is 4.33. The fourth-order valence-corrected chi connectivity index (χ4v) is 2.05. The number of hydrogen-bond donors (Lipinski definition) is 2. The number of carbonyl (C=O) groups excluding carboxylic acids is 1. The van der Waals surface area contributed by atoms with Gasteiger partial charge in [0.05, 0.1) is 0 Å². The normalized spacial score (nSPS) is 19.9. The Hall–Kier alpha value is -0.570. The summed E-state index contributed by atoms with van der Waals surface area (Å²) in [7, 11) is 1.71. The summed E-state index contributed by atoms with van der Waals surface area (Å²) in [5.74, 6) is 0.688. The molecule has 3 heteroatoms. The molecule has 0 unspecified atom stereocenters. The summed E-state index contributed by atoms with van der Waals surface area (Å²) in [6.07, 6.45) is 2.22. The average molecular weight is 184 g/mol. The van der Waals surface area contributed by atoms with Crippen molar-refractivity contribution in [1.29, 1.82) is 0 Å². The lowest BCUT2D eigenvalue weighted by atomic mass is 9.73. The van der Waals surface area contributed by atoms with E-state index in [0.717, 1.165) is 25.9 Å². The SMILES string of the molecule is CNC(=O)C(C)(C)C1CCNCC1. The van der Waals surface area contributed by atoms with E-state index in [9.17, 15) is 4.79 Å². The van der Waals surface area contributed by atoms with Gasteiger partial charge in [-0.3, -0.25) is 4.79 Å². The third-order valence-corrected chi connectivity index (χ3v) is 3.17. The lowest BCUT2D eigenvalue weighted by Crippen LogP contribution is -2.44. The van der Waals surface area contributed by atoms with Crippen LogP contribution in [0.5, 0.6) is 0 Å². The predicted octanol–water partition coefficient (Wildman–Crippen LogP) is 0.758. The summed E-state index contributed by atoms with van der Waals surface area (Å²) in [5.41, 5.74) is -0.211. The molecule has 0 aliphatic carbocycles. The highest BCUT2D eigenvalue weighted by atomic mass is 16.2. The fourth-order valence-electron chi connectivity index (χ4n) is 2.05. The van der Waals surface area contributed by atoms with Gasteiger partial charge >= 0.3 is 0 Å². The van der Waals surface area contributed by atoms with Crippen LogP contribution in [0.1, 0.15) is 26.7 Å². The van der Waals surface area contributed by atoms with E-state index in [1.807, 2.05) is 13.8 Å². The molecule has 1 amide bonds. The monoisotopic (exact) mass is 184 g/mol. The molecule has 1 saturated heterocycles. The van der Waals surface area contributed by atoms with E-state index in [1.54, 1.807) is 7.05 Å². The molecule has 13 heavy (non-hydrogen) atoms. The Kier molecular flexibility index (Phi) is 3.31. The first kappa shape index (κ1) is 10.5. The highest BCUT2D eigenvalue weighted by Gasteiger charge is 2.36. The van der Waals surface area contributed by atoms with Crippen molar-refractivity contribution < 1.29 is 4.79 Å². The standard InChI is InChI=1S/C10H20N2O/c1-10(2,9(13)11-3)8-4-6-12-7-5-8/h8,12H,4-7H2,1-3H3,(H,11,13). The Bertz CT molecular complexity index is 183. The molecular weight excluding hydrogens is 164 g/mol. The number of hydrogen-bond acceptors (Lipinski definition) is 2. The highest BCUT2D eigenvalue weighted by molar-refractivity contribution is 5.81. The molecule has 1 rings (SSSR count). The van der Waals surface area contributed by atoms with Crippen molar-refractivity contribution in [3.05, 3.63) is 0 Å². The Morgan fingerprint density at radius 1 is 1.38 bits per heavy atom. The minimum Gasteiger partial charge on any atom is -0.359 e. The van der Waals surface area contributed by atoms with Crippen LogP contribution < -0.4 is 10.6 Å². The average Bonchev–Trinajstić information content (AvgIpc) is 2.18. The third-order valence-electron chi connectivity index (χ3n) is 3.17. The number of piperidine rings is 1. The number of rotatable bonds is 2. The lowest BCUT2D eigenvalue weighted by molar-refractivity contribution is -0.132. The van der Waals surface area contributed by atoms with Crippen molar-refractivity contribution in [1.82, 2.24) is 10.6 Å². The molecular formula is C10H20N2O. The largest absolute Gasteiger partial charge is 0.359 e. The van der Waals surface area contributed by atoms with Gasteiger partial charge in [0.1, 0.15) is 0 Å². The lowest BCUT2D eigenvalue weighted by Gasteiger charge is -2.35. The van der Waals surface area contributed by atoms with Crippen molar-refractivity contribution >= 4 is 5.91 Å². The summed E-state index contributed by atoms with van der Waals surface area (Å²) < 4.78 is 0. The number of nitrogens with one attached hydrogen (secondary N) is 2. The summed E-state index contributed by atoms with van der Waals surface area (Å²) >= 11 is 0. The molecule has 0 spiro atoms. The zero-order valence-corrected chi connectivity index (χ0v) is 8.81. The summed E-state index contributed by atoms with van der Waals surface area (Å²) in [5, 5.41) is 6.06. The van der Waals surface area contributed by atoms with Crippen molar-refractivity contribution in [2.75, 3.05) is 20.1 Å². The Labute approximate surface area is 80.3 Å². The van der Waals surface area contributed by atoms with Gasteiger partial charge < -0.3 is 10.6 Å². The van der Waals surface area contributed by atoms with Gasteiger partial charge in [-0.2, -0.15) is 0 Å². The van der Waals surface area contributed by atoms with Gasteiger partial charge in [-0.15, -0.1) is 0 Å². The maximum atomic E-state index is 11.6. The predicted molar refractivity (Wildman–Crippen MR) is 53.4 cm³/mol. The molecule has 0 bridgehead atoms. The van der Waals surface area contributed by atoms with Gasteiger partial charge in [0.15, 0.2) is 0 Å². The van der Waals surface area contributed by atoms with E-state index in [4.69, 9.17) is 0 Å². The molecule has 1 fully saturated rings. The zero-order valence-electron chi connectivity index (χ0n) is 8.81. The van der Waals surface area contributed by atoms with Crippen LogP contribution in [0.4, 0.5) is 0 Å². The molecule has 3 nitrogen and oxygen atoms in total. The molecule has 0 aromatic rings. The summed E-state index contributed by atoms with van der Waals surface area (Å²) in [4.78, 5) is 11.6. The van der Waals surface area contributed by atoms with Crippen LogP contribution in [-0.2, 0) is 4.79 Å². The third kappa shape index (κ3) is 2.21. The van der Waals surface area contributed by atoms with Crippen molar-refractivity contribution in [3.8, 4) is 0 Å². The maximum absolute atomic E-state index is 11.6. The van der Waals surface area contributed by atoms with E-state index in [1.165, 1.54) is 0 Å². The van der Waals surface area contributed by atoms with E-state index >= 15 is 0 Å². The van der Waals surface area contributed by atoms with Crippen LogP contribution in [0.25, 0.3) is 0 Å². The molecule has 0 radical (unpaired) electrons. The van der Waals surface area contributed by atoms with Crippen molar-refractivity contribution in [2.24, 2.45) is 11.3 Å². The van der Waals surface area contributed by atoms with Crippen molar-refractivity contribution in [3.63, 3.8) is 0 Å². The van der Waals surface area contributed by atoms with Crippen molar-refractivity contribution in [2.45, 2.75) is 26.7 Å². The molecule has 76 valence electrons. The second kappa shape index (κ2) is 4.09. The van der Waals surface area contributed by atoms with Gasteiger partial charge in [-0.25, -0.2) is 0 Å². The van der Waals surface area contributed by atoms with Gasteiger partial charge in [0, 0.05) is 12.5 Å². The van der Waals surface area contributed by atoms with Crippen LogP contribution in [0.15, 0.2) is 0 Å². The smallest absolute Gasteiger partial charge is 0.225 e. The summed E-state index contributed by atoms with van der Waals surface area (Å²) in [6, 6.07) is 0. The Morgan fingerprint density at radius 3 is 2.38 bits per heavy atom. The topological polar surface area (TPSA) is 41.1 Å². The van der Waals surface area contributed by atoms with Crippen LogP contribution in [0.2, 0.25) is 0 Å². The van der Waals surface area contributed by atoms with Crippen LogP contribution >= 0.6 is 0 Å². The molecule has 0 saturated carbocycles. The quantitative estimate of drug-likeness (QED) is 0.665. The Morgan fingerprint density at radius 2 is 1.92 bits per heavy atom. The van der Waals surface area contributed by atoms with Gasteiger partial charge in [-0.1, -0.05) is 13.8 Å². The van der Waals surface area contributed by atoms with Gasteiger partial charge in [-0.05, 0) is 31.8 Å². The Balaban J connectivity index is 2.60. The summed E-state index contributed by atoms with van der Waals surface area (Å²) in [6.45, 7) is 6.18. The fraction of sp³-hybridized carbons (Fsp3) is 0.900. The van der Waals surface area contributed by atoms with E-state index in [2.05, 4.69) is 10.6 Å². The maximum Gasteiger partial charge on any atom is 0.225 e. The minimum atomic E-state index is -0.211. The van der Waals surface area contributed by atoms with Crippen LogP contribution in [0, 0.1) is 11.3 Å². The first-order valence-electron chi connectivity index (χ1n) is 5.02. The molecule has 1 heterocycles. The molecule has 1 aliphatic heterocycles. The first-order valence-corrected chi connectivity index (χ1v) is 5.02. The first-order chi connectivity index (χ1) is 6.09. The van der Waals surface area contributed by atoms with E-state index < -0.39 is 0 Å².